The number of aromatic nitrogens is 3. The molecule has 1 aromatic carbocycles. The average molecular weight is 221 g/mol. The monoisotopic (exact) mass is 221 g/mol. The average Bonchev–Trinajstić information content (AvgIpc) is 2.66. The quantitative estimate of drug-likeness (QED) is 0.794. The molecule has 0 aliphatic rings. The Balaban J connectivity index is 2.10. The topological polar surface area (TPSA) is 39.9 Å². The van der Waals surface area contributed by atoms with Gasteiger partial charge in [0.1, 0.15) is 24.5 Å². The fourth-order valence-corrected chi connectivity index (χ4v) is 1.31. The van der Waals surface area contributed by atoms with Gasteiger partial charge in [0, 0.05) is 13.1 Å². The number of rotatable bonds is 3. The van der Waals surface area contributed by atoms with Gasteiger partial charge in [0.15, 0.2) is 5.82 Å². The summed E-state index contributed by atoms with van der Waals surface area (Å²) >= 11 is 0. The molecular formula is C11H12FN3O. The van der Waals surface area contributed by atoms with Gasteiger partial charge in [0.2, 0.25) is 0 Å². The molecule has 0 bridgehead atoms. The molecule has 5 heteroatoms. The van der Waals surface area contributed by atoms with E-state index in [1.807, 2.05) is 14.0 Å². The van der Waals surface area contributed by atoms with Gasteiger partial charge in [-0.2, -0.15) is 0 Å². The van der Waals surface area contributed by atoms with Crippen LogP contribution in [0.5, 0.6) is 5.75 Å². The maximum Gasteiger partial charge on any atom is 0.170 e. The summed E-state index contributed by atoms with van der Waals surface area (Å²) in [6, 6.07) is 4.46. The predicted octanol–water partition coefficient (Wildman–Crippen LogP) is 1.84. The Morgan fingerprint density at radius 2 is 2.25 bits per heavy atom. The van der Waals surface area contributed by atoms with Crippen molar-refractivity contribution < 1.29 is 9.13 Å². The molecule has 4 nitrogen and oxygen atoms in total. The Hall–Kier alpha value is -1.91. The molecule has 2 aromatic rings. The lowest BCUT2D eigenvalue weighted by molar-refractivity contribution is 0.288. The second-order valence-corrected chi connectivity index (χ2v) is 3.56. The summed E-state index contributed by atoms with van der Waals surface area (Å²) in [5.41, 5.74) is 0.892. The third-order valence-corrected chi connectivity index (χ3v) is 2.31. The van der Waals surface area contributed by atoms with E-state index >= 15 is 0 Å². The maximum atomic E-state index is 13.0. The SMILES string of the molecule is Cc1ccc(F)cc1OCc1nncn1C. The number of halogens is 1. The number of hydrogen-bond donors (Lipinski definition) is 0. The molecule has 2 rings (SSSR count). The third-order valence-electron chi connectivity index (χ3n) is 2.31. The van der Waals surface area contributed by atoms with Gasteiger partial charge in [-0.25, -0.2) is 4.39 Å². The fourth-order valence-electron chi connectivity index (χ4n) is 1.31. The van der Waals surface area contributed by atoms with Crippen molar-refractivity contribution in [2.24, 2.45) is 7.05 Å². The third kappa shape index (κ3) is 2.18. The largest absolute Gasteiger partial charge is 0.485 e. The first kappa shape index (κ1) is 10.6. The van der Waals surface area contributed by atoms with E-state index in [-0.39, 0.29) is 12.4 Å². The highest BCUT2D eigenvalue weighted by Gasteiger charge is 2.05. The first-order chi connectivity index (χ1) is 7.66. The molecule has 0 aliphatic carbocycles. The molecule has 0 amide bonds. The van der Waals surface area contributed by atoms with Crippen LogP contribution in [0.4, 0.5) is 4.39 Å². The first-order valence-electron chi connectivity index (χ1n) is 4.88. The predicted molar refractivity (Wildman–Crippen MR) is 56.5 cm³/mol. The highest BCUT2D eigenvalue weighted by Crippen LogP contribution is 2.19. The number of hydrogen-bond acceptors (Lipinski definition) is 3. The van der Waals surface area contributed by atoms with E-state index in [0.29, 0.717) is 11.6 Å². The Morgan fingerprint density at radius 3 is 2.94 bits per heavy atom. The van der Waals surface area contributed by atoms with Crippen LogP contribution in [0, 0.1) is 12.7 Å². The molecule has 16 heavy (non-hydrogen) atoms. The number of ether oxygens (including phenoxy) is 1. The zero-order valence-electron chi connectivity index (χ0n) is 9.14. The highest BCUT2D eigenvalue weighted by atomic mass is 19.1. The van der Waals surface area contributed by atoms with Crippen molar-refractivity contribution >= 4 is 0 Å². The van der Waals surface area contributed by atoms with Crippen molar-refractivity contribution in [3.63, 3.8) is 0 Å². The van der Waals surface area contributed by atoms with Gasteiger partial charge in [0.25, 0.3) is 0 Å². The molecule has 0 saturated heterocycles. The summed E-state index contributed by atoms with van der Waals surface area (Å²) in [6.45, 7) is 2.15. The van der Waals surface area contributed by atoms with Crippen molar-refractivity contribution in [1.82, 2.24) is 14.8 Å². The minimum absolute atomic E-state index is 0.279. The van der Waals surface area contributed by atoms with E-state index in [0.717, 1.165) is 5.56 Å². The lowest BCUT2D eigenvalue weighted by Gasteiger charge is -2.08. The maximum absolute atomic E-state index is 13.0. The van der Waals surface area contributed by atoms with E-state index in [9.17, 15) is 4.39 Å². The van der Waals surface area contributed by atoms with Gasteiger partial charge in [-0.3, -0.25) is 0 Å². The van der Waals surface area contributed by atoms with E-state index in [4.69, 9.17) is 4.74 Å². The fraction of sp³-hybridized carbons (Fsp3) is 0.273. The summed E-state index contributed by atoms with van der Waals surface area (Å²) < 4.78 is 20.2. The van der Waals surface area contributed by atoms with Gasteiger partial charge < -0.3 is 9.30 Å². The molecule has 1 aromatic heterocycles. The second kappa shape index (κ2) is 4.30. The zero-order valence-corrected chi connectivity index (χ0v) is 9.14. The summed E-state index contributed by atoms with van der Waals surface area (Å²) in [5, 5.41) is 7.61. The number of nitrogens with zero attached hydrogens (tertiary/aromatic N) is 3. The lowest BCUT2D eigenvalue weighted by atomic mass is 10.2. The van der Waals surface area contributed by atoms with Crippen molar-refractivity contribution in [1.29, 1.82) is 0 Å². The normalized spacial score (nSPS) is 10.4. The van der Waals surface area contributed by atoms with E-state index in [2.05, 4.69) is 10.2 Å². The van der Waals surface area contributed by atoms with Crippen LogP contribution in [0.3, 0.4) is 0 Å². The van der Waals surface area contributed by atoms with Crippen molar-refractivity contribution in [3.8, 4) is 5.75 Å². The van der Waals surface area contributed by atoms with Crippen LogP contribution >= 0.6 is 0 Å². The van der Waals surface area contributed by atoms with Crippen LogP contribution in [0.15, 0.2) is 24.5 Å². The number of aryl methyl sites for hydroxylation is 2. The molecular weight excluding hydrogens is 209 g/mol. The van der Waals surface area contributed by atoms with E-state index in [1.54, 1.807) is 17.0 Å². The Kier molecular flexibility index (Phi) is 2.85. The van der Waals surface area contributed by atoms with Gasteiger partial charge >= 0.3 is 0 Å². The summed E-state index contributed by atoms with van der Waals surface area (Å²) in [5.74, 6) is 0.922. The van der Waals surface area contributed by atoms with Crippen molar-refractivity contribution in [3.05, 3.63) is 41.7 Å². The summed E-state index contributed by atoms with van der Waals surface area (Å²) in [6.07, 6.45) is 1.59. The van der Waals surface area contributed by atoms with Crippen LogP contribution in [0.2, 0.25) is 0 Å². The zero-order chi connectivity index (χ0) is 11.5. The molecule has 1 heterocycles. The Morgan fingerprint density at radius 1 is 1.44 bits per heavy atom. The molecule has 0 atom stereocenters. The molecule has 0 saturated carbocycles. The molecule has 0 spiro atoms. The molecule has 0 fully saturated rings. The first-order valence-corrected chi connectivity index (χ1v) is 4.88. The summed E-state index contributed by atoms with van der Waals surface area (Å²) in [4.78, 5) is 0. The molecule has 0 unspecified atom stereocenters. The second-order valence-electron chi connectivity index (χ2n) is 3.56. The molecule has 0 radical (unpaired) electrons. The van der Waals surface area contributed by atoms with Gasteiger partial charge in [-0.05, 0) is 18.6 Å². The number of benzene rings is 1. The molecule has 84 valence electrons. The molecule has 0 aliphatic heterocycles. The van der Waals surface area contributed by atoms with Crippen LogP contribution < -0.4 is 4.74 Å². The van der Waals surface area contributed by atoms with Gasteiger partial charge in [-0.15, -0.1) is 10.2 Å². The van der Waals surface area contributed by atoms with Crippen molar-refractivity contribution in [2.45, 2.75) is 13.5 Å². The summed E-state index contributed by atoms with van der Waals surface area (Å²) in [7, 11) is 1.83. The van der Waals surface area contributed by atoms with Crippen LogP contribution in [-0.4, -0.2) is 14.8 Å². The molecule has 0 N–H and O–H groups in total. The Labute approximate surface area is 92.7 Å². The van der Waals surface area contributed by atoms with E-state index in [1.165, 1.54) is 12.1 Å². The smallest absolute Gasteiger partial charge is 0.170 e. The minimum atomic E-state index is -0.307. The highest BCUT2D eigenvalue weighted by molar-refractivity contribution is 5.32. The van der Waals surface area contributed by atoms with Crippen molar-refractivity contribution in [2.75, 3.05) is 0 Å². The Bertz CT molecular complexity index is 496. The van der Waals surface area contributed by atoms with Gasteiger partial charge in [-0.1, -0.05) is 6.07 Å². The van der Waals surface area contributed by atoms with Crippen LogP contribution in [0.1, 0.15) is 11.4 Å². The minimum Gasteiger partial charge on any atom is -0.485 e. The lowest BCUT2D eigenvalue weighted by Crippen LogP contribution is -2.04. The van der Waals surface area contributed by atoms with Gasteiger partial charge in [0.05, 0.1) is 0 Å². The van der Waals surface area contributed by atoms with Crippen LogP contribution in [-0.2, 0) is 13.7 Å². The standard InChI is InChI=1S/C11H12FN3O/c1-8-3-4-9(12)5-10(8)16-6-11-14-13-7-15(11)2/h3-5,7H,6H2,1-2H3. The van der Waals surface area contributed by atoms with E-state index < -0.39 is 0 Å². The van der Waals surface area contributed by atoms with Crippen LogP contribution in [0.25, 0.3) is 0 Å².